The Kier molecular flexibility index (Phi) is 12.9. The fourth-order valence-electron chi connectivity index (χ4n) is 1.90. The Hall–Kier alpha value is -0.820. The first-order valence-corrected chi connectivity index (χ1v) is 10.6. The summed E-state index contributed by atoms with van der Waals surface area (Å²) in [5.74, 6) is 0.933. The van der Waals surface area contributed by atoms with Crippen LogP contribution in [-0.2, 0) is 9.57 Å². The van der Waals surface area contributed by atoms with Crippen molar-refractivity contribution >= 4 is 46.4 Å². The minimum Gasteiger partial charge on any atom is -0.490 e. The van der Waals surface area contributed by atoms with E-state index in [0.29, 0.717) is 41.4 Å². The summed E-state index contributed by atoms with van der Waals surface area (Å²) < 4.78 is 16.8. The first kappa shape index (κ1) is 26.2. The monoisotopic (exact) mass is 485 g/mol. The summed E-state index contributed by atoms with van der Waals surface area (Å²) >= 11 is 23.5. The number of rotatable bonds is 13. The first-order chi connectivity index (χ1) is 13.7. The molecule has 0 aliphatic rings. The molecule has 164 valence electrons. The van der Waals surface area contributed by atoms with E-state index >= 15 is 0 Å². The largest absolute Gasteiger partial charge is 0.490 e. The number of halogens is 4. The van der Waals surface area contributed by atoms with E-state index in [0.717, 1.165) is 12.8 Å². The minimum absolute atomic E-state index is 0.133. The topological polar surface area (TPSA) is 49.0 Å². The first-order valence-electron chi connectivity index (χ1n) is 9.11. The van der Waals surface area contributed by atoms with Crippen LogP contribution in [-0.4, -0.2) is 32.0 Å². The van der Waals surface area contributed by atoms with Gasteiger partial charge in [-0.2, -0.15) is 0 Å². The van der Waals surface area contributed by atoms with Crippen LogP contribution in [0, 0.1) is 0 Å². The second-order valence-corrected chi connectivity index (χ2v) is 8.71. The van der Waals surface area contributed by atoms with Crippen LogP contribution in [0.25, 0.3) is 0 Å². The van der Waals surface area contributed by atoms with Gasteiger partial charge in [-0.15, -0.1) is 0 Å². The minimum atomic E-state index is -0.236. The highest BCUT2D eigenvalue weighted by Gasteiger charge is 2.11. The lowest BCUT2D eigenvalue weighted by atomic mass is 10.2. The van der Waals surface area contributed by atoms with Crippen LogP contribution in [0.4, 0.5) is 0 Å². The van der Waals surface area contributed by atoms with Gasteiger partial charge in [-0.25, -0.2) is 0 Å². The van der Waals surface area contributed by atoms with E-state index in [1.807, 2.05) is 26.8 Å². The fraction of sp³-hybridized carbons (Fsp3) is 0.500. The summed E-state index contributed by atoms with van der Waals surface area (Å²) in [6.45, 7) is 7.71. The molecule has 0 amide bonds. The quantitative estimate of drug-likeness (QED) is 0.248. The van der Waals surface area contributed by atoms with E-state index in [4.69, 9.17) is 65.5 Å². The van der Waals surface area contributed by atoms with Crippen molar-refractivity contribution in [1.82, 2.24) is 5.48 Å². The molecule has 0 saturated carbocycles. The second kappa shape index (κ2) is 14.2. The molecule has 1 aromatic rings. The van der Waals surface area contributed by atoms with Crippen molar-refractivity contribution in [3.05, 3.63) is 45.0 Å². The molecule has 5 nitrogen and oxygen atoms in total. The summed E-state index contributed by atoms with van der Waals surface area (Å²) in [5, 5.41) is 0.750. The molecule has 29 heavy (non-hydrogen) atoms. The Morgan fingerprint density at radius 3 is 2.28 bits per heavy atom. The molecule has 9 heteroatoms. The highest BCUT2D eigenvalue weighted by atomic mass is 35.5. The lowest BCUT2D eigenvalue weighted by Crippen LogP contribution is -2.25. The van der Waals surface area contributed by atoms with Crippen molar-refractivity contribution in [2.75, 3.05) is 26.4 Å². The molecule has 0 unspecified atom stereocenters. The van der Waals surface area contributed by atoms with Crippen molar-refractivity contribution in [2.45, 2.75) is 39.2 Å². The van der Waals surface area contributed by atoms with Crippen LogP contribution in [0.5, 0.6) is 11.5 Å². The Labute approximate surface area is 192 Å². The number of nitrogens with one attached hydrogen (secondary N) is 1. The molecule has 0 bridgehead atoms. The van der Waals surface area contributed by atoms with E-state index in [-0.39, 0.29) is 16.7 Å². The predicted octanol–water partition coefficient (Wildman–Crippen LogP) is 6.70. The Morgan fingerprint density at radius 2 is 1.66 bits per heavy atom. The second-order valence-electron chi connectivity index (χ2n) is 6.89. The maximum atomic E-state index is 6.22. The van der Waals surface area contributed by atoms with E-state index in [9.17, 15) is 0 Å². The van der Waals surface area contributed by atoms with Crippen molar-refractivity contribution in [3.63, 3.8) is 0 Å². The average Bonchev–Trinajstić information content (AvgIpc) is 2.60. The molecule has 0 aliphatic carbocycles. The Bertz CT molecular complexity index is 648. The molecule has 0 fully saturated rings. The number of ether oxygens (including phenoxy) is 3. The van der Waals surface area contributed by atoms with Crippen molar-refractivity contribution in [1.29, 1.82) is 0 Å². The third-order valence-corrected chi connectivity index (χ3v) is 4.02. The summed E-state index contributed by atoms with van der Waals surface area (Å²) in [7, 11) is 0. The zero-order valence-electron chi connectivity index (χ0n) is 16.8. The van der Waals surface area contributed by atoms with Gasteiger partial charge in [0.25, 0.3) is 0 Å². The van der Waals surface area contributed by atoms with Crippen LogP contribution >= 0.6 is 46.4 Å². The Balaban J connectivity index is 2.21. The molecule has 0 spiro atoms. The highest BCUT2D eigenvalue weighted by molar-refractivity contribution is 6.55. The smallest absolute Gasteiger partial charge is 0.156 e. The molecule has 1 N–H and O–H groups in total. The van der Waals surface area contributed by atoms with Crippen molar-refractivity contribution in [3.8, 4) is 11.5 Å². The standard InChI is InChI=1S/C20H27Cl4NO4/c1-20(2,3)29-25-8-6-10-26-9-4-5-11-28-19-16(21)13-15(14-17(19)22)27-12-7-18(23)24/h6-8,13-14,25H,4-5,9-12H2,1-3H3. The molecule has 0 atom stereocenters. The molecule has 1 aromatic carbocycles. The molecule has 1 rings (SSSR count). The van der Waals surface area contributed by atoms with Crippen LogP contribution in [0.1, 0.15) is 33.6 Å². The molecule has 0 heterocycles. The van der Waals surface area contributed by atoms with Gasteiger partial charge in [0.2, 0.25) is 0 Å². The van der Waals surface area contributed by atoms with Crippen LogP contribution < -0.4 is 15.0 Å². The van der Waals surface area contributed by atoms with Gasteiger partial charge in [0, 0.05) is 24.9 Å². The lowest BCUT2D eigenvalue weighted by molar-refractivity contribution is -0.0524. The summed E-state index contributed by atoms with van der Waals surface area (Å²) in [5.41, 5.74) is 2.52. The van der Waals surface area contributed by atoms with E-state index in [1.165, 1.54) is 6.08 Å². The maximum absolute atomic E-state index is 6.22. The van der Waals surface area contributed by atoms with Crippen molar-refractivity contribution in [2.24, 2.45) is 0 Å². The van der Waals surface area contributed by atoms with Gasteiger partial charge >= 0.3 is 0 Å². The fourth-order valence-corrected chi connectivity index (χ4v) is 2.60. The van der Waals surface area contributed by atoms with Gasteiger partial charge in [0.1, 0.15) is 16.8 Å². The number of hydroxylamine groups is 1. The molecular weight excluding hydrogens is 460 g/mol. The van der Waals surface area contributed by atoms with Crippen molar-refractivity contribution < 1.29 is 19.0 Å². The van der Waals surface area contributed by atoms with E-state index in [2.05, 4.69) is 5.48 Å². The maximum Gasteiger partial charge on any atom is 0.156 e. The van der Waals surface area contributed by atoms with Gasteiger partial charge in [-0.1, -0.05) is 46.4 Å². The summed E-state index contributed by atoms with van der Waals surface area (Å²) in [6.07, 6.45) is 6.73. The van der Waals surface area contributed by atoms with E-state index in [1.54, 1.807) is 18.3 Å². The lowest BCUT2D eigenvalue weighted by Gasteiger charge is -2.17. The third-order valence-electron chi connectivity index (χ3n) is 3.15. The summed E-state index contributed by atoms with van der Waals surface area (Å²) in [4.78, 5) is 5.33. The van der Waals surface area contributed by atoms with Crippen LogP contribution in [0.15, 0.2) is 35.0 Å². The molecule has 0 saturated heterocycles. The van der Waals surface area contributed by atoms with Crippen LogP contribution in [0.3, 0.4) is 0 Å². The zero-order chi connectivity index (χ0) is 21.7. The van der Waals surface area contributed by atoms with Crippen LogP contribution in [0.2, 0.25) is 10.0 Å². The zero-order valence-corrected chi connectivity index (χ0v) is 19.8. The average molecular weight is 487 g/mol. The SMILES string of the molecule is CC(C)(C)ONC=CCOCCCCOc1c(Cl)cc(OCC=C(Cl)Cl)cc1Cl. The molecular formula is C20H27Cl4NO4. The highest BCUT2D eigenvalue weighted by Crippen LogP contribution is 2.37. The predicted molar refractivity (Wildman–Crippen MR) is 120 cm³/mol. The number of hydrogen-bond donors (Lipinski definition) is 1. The molecule has 0 radical (unpaired) electrons. The third kappa shape index (κ3) is 13.2. The van der Waals surface area contributed by atoms with Gasteiger partial charge in [0.15, 0.2) is 5.75 Å². The number of hydrogen-bond acceptors (Lipinski definition) is 5. The number of benzene rings is 1. The van der Waals surface area contributed by atoms with Gasteiger partial charge in [-0.3, -0.25) is 10.3 Å². The van der Waals surface area contributed by atoms with Gasteiger partial charge in [0.05, 0.1) is 28.9 Å². The molecule has 0 aliphatic heterocycles. The Morgan fingerprint density at radius 1 is 1.00 bits per heavy atom. The molecule has 0 aromatic heterocycles. The van der Waals surface area contributed by atoms with Gasteiger partial charge < -0.3 is 14.2 Å². The summed E-state index contributed by atoms with van der Waals surface area (Å²) in [6, 6.07) is 3.26. The van der Waals surface area contributed by atoms with E-state index < -0.39 is 0 Å². The number of unbranched alkanes of at least 4 members (excludes halogenated alkanes) is 1. The van der Waals surface area contributed by atoms with Gasteiger partial charge in [-0.05, 0) is 45.8 Å². The normalized spacial score (nSPS) is 11.6.